The van der Waals surface area contributed by atoms with E-state index in [0.717, 1.165) is 48.1 Å². The standard InChI is InChI=1S/C31H43N3O5/c1-20-15-21(2)17-25(16-20)33-30(38)34(26-13-11-24(12-14-26)31(3,4)5)19-22-7-9-23(10-8-22)28(36)32-18-27(35)29(37)39-6/h7-10,15-17,24,26-27,35H,11-14,18-19H2,1-6H3,(H,32,36)(H,33,38). The van der Waals surface area contributed by atoms with Crippen molar-refractivity contribution in [2.75, 3.05) is 19.0 Å². The molecule has 3 rings (SSSR count). The third-order valence-electron chi connectivity index (χ3n) is 7.59. The molecular formula is C31H43N3O5. The van der Waals surface area contributed by atoms with Gasteiger partial charge in [0, 0.05) is 23.8 Å². The highest BCUT2D eigenvalue weighted by molar-refractivity contribution is 5.94. The number of hydrogen-bond donors (Lipinski definition) is 3. The summed E-state index contributed by atoms with van der Waals surface area (Å²) in [5.74, 6) is -0.579. The number of nitrogens with zero attached hydrogens (tertiary/aromatic N) is 1. The van der Waals surface area contributed by atoms with E-state index in [2.05, 4.69) is 42.2 Å². The molecule has 1 aliphatic carbocycles. The number of ether oxygens (including phenoxy) is 1. The molecule has 1 unspecified atom stereocenters. The molecule has 1 fully saturated rings. The van der Waals surface area contributed by atoms with Crippen LogP contribution < -0.4 is 10.6 Å². The molecule has 8 nitrogen and oxygen atoms in total. The minimum absolute atomic E-state index is 0.122. The average molecular weight is 538 g/mol. The van der Waals surface area contributed by atoms with E-state index in [1.54, 1.807) is 12.1 Å². The molecule has 0 bridgehead atoms. The van der Waals surface area contributed by atoms with E-state index in [4.69, 9.17) is 0 Å². The van der Waals surface area contributed by atoms with Crippen LogP contribution in [0.3, 0.4) is 0 Å². The van der Waals surface area contributed by atoms with Crippen LogP contribution >= 0.6 is 0 Å². The fourth-order valence-corrected chi connectivity index (χ4v) is 5.33. The van der Waals surface area contributed by atoms with Gasteiger partial charge in [-0.15, -0.1) is 0 Å². The van der Waals surface area contributed by atoms with Gasteiger partial charge in [-0.25, -0.2) is 9.59 Å². The lowest BCUT2D eigenvalue weighted by Gasteiger charge is -2.41. The number of aliphatic hydroxyl groups is 1. The van der Waals surface area contributed by atoms with Crippen LogP contribution in [0.4, 0.5) is 10.5 Å². The molecule has 39 heavy (non-hydrogen) atoms. The van der Waals surface area contributed by atoms with Gasteiger partial charge in [-0.2, -0.15) is 0 Å². The Morgan fingerprint density at radius 1 is 1.00 bits per heavy atom. The number of carbonyl (C=O) groups excluding carboxylic acids is 3. The van der Waals surface area contributed by atoms with Crippen molar-refractivity contribution in [1.29, 1.82) is 0 Å². The number of nitrogens with one attached hydrogen (secondary N) is 2. The lowest BCUT2D eigenvalue weighted by molar-refractivity contribution is -0.149. The summed E-state index contributed by atoms with van der Waals surface area (Å²) in [6.45, 7) is 11.1. The van der Waals surface area contributed by atoms with Crippen molar-refractivity contribution in [3.8, 4) is 0 Å². The monoisotopic (exact) mass is 537 g/mol. The maximum Gasteiger partial charge on any atom is 0.336 e. The molecule has 2 aromatic rings. The van der Waals surface area contributed by atoms with Gasteiger partial charge in [0.05, 0.1) is 13.7 Å². The molecule has 1 atom stereocenters. The van der Waals surface area contributed by atoms with E-state index in [1.165, 1.54) is 7.11 Å². The van der Waals surface area contributed by atoms with E-state index < -0.39 is 18.0 Å². The SMILES string of the molecule is COC(=O)C(O)CNC(=O)c1ccc(CN(C(=O)Nc2cc(C)cc(C)c2)C2CCC(C(C)(C)C)CC2)cc1. The highest BCUT2D eigenvalue weighted by Gasteiger charge is 2.33. The Hall–Kier alpha value is -3.39. The average Bonchev–Trinajstić information content (AvgIpc) is 2.89. The zero-order valence-corrected chi connectivity index (χ0v) is 24.0. The number of benzene rings is 2. The summed E-state index contributed by atoms with van der Waals surface area (Å²) >= 11 is 0. The molecule has 3 N–H and O–H groups in total. The van der Waals surface area contributed by atoms with E-state index in [1.807, 2.05) is 43.0 Å². The predicted molar refractivity (Wildman–Crippen MR) is 152 cm³/mol. The van der Waals surface area contributed by atoms with Crippen molar-refractivity contribution >= 4 is 23.6 Å². The number of hydrogen-bond acceptors (Lipinski definition) is 5. The maximum atomic E-state index is 13.6. The van der Waals surface area contributed by atoms with Crippen LogP contribution in [-0.2, 0) is 16.1 Å². The summed E-state index contributed by atoms with van der Waals surface area (Å²) in [6.07, 6.45) is 2.64. The van der Waals surface area contributed by atoms with Crippen LogP contribution in [-0.4, -0.2) is 53.7 Å². The molecule has 0 radical (unpaired) electrons. The minimum atomic E-state index is -1.42. The highest BCUT2D eigenvalue weighted by Crippen LogP contribution is 2.39. The summed E-state index contributed by atoms with van der Waals surface area (Å²) in [5.41, 5.74) is 4.53. The van der Waals surface area contributed by atoms with E-state index in [0.29, 0.717) is 18.0 Å². The second-order valence-corrected chi connectivity index (χ2v) is 11.8. The molecule has 212 valence electrons. The fourth-order valence-electron chi connectivity index (χ4n) is 5.33. The topological polar surface area (TPSA) is 108 Å². The number of aryl methyl sites for hydroxylation is 2. The van der Waals surface area contributed by atoms with Crippen LogP contribution in [0.15, 0.2) is 42.5 Å². The summed E-state index contributed by atoms with van der Waals surface area (Å²) in [6, 6.07) is 13.1. The summed E-state index contributed by atoms with van der Waals surface area (Å²) in [7, 11) is 1.17. The largest absolute Gasteiger partial charge is 0.467 e. The number of anilines is 1. The molecule has 0 aromatic heterocycles. The number of urea groups is 1. The van der Waals surface area contributed by atoms with E-state index in [-0.39, 0.29) is 24.0 Å². The lowest BCUT2D eigenvalue weighted by atomic mass is 9.71. The predicted octanol–water partition coefficient (Wildman–Crippen LogP) is 5.21. The zero-order valence-electron chi connectivity index (χ0n) is 24.0. The van der Waals surface area contributed by atoms with Crippen molar-refractivity contribution in [1.82, 2.24) is 10.2 Å². The van der Waals surface area contributed by atoms with Gasteiger partial charge in [0.1, 0.15) is 0 Å². The molecule has 1 aliphatic rings. The first kappa shape index (κ1) is 30.2. The van der Waals surface area contributed by atoms with E-state index in [9.17, 15) is 19.5 Å². The Morgan fingerprint density at radius 3 is 2.13 bits per heavy atom. The van der Waals surface area contributed by atoms with Crippen LogP contribution in [0, 0.1) is 25.2 Å². The van der Waals surface area contributed by atoms with Gasteiger partial charge >= 0.3 is 12.0 Å². The Balaban J connectivity index is 1.73. The number of rotatable bonds is 8. The molecule has 1 saturated carbocycles. The summed E-state index contributed by atoms with van der Waals surface area (Å²) in [5, 5.41) is 15.3. The highest BCUT2D eigenvalue weighted by atomic mass is 16.5. The number of amides is 3. The molecule has 3 amide bonds. The van der Waals surface area contributed by atoms with Crippen molar-refractivity contribution < 1.29 is 24.2 Å². The summed E-state index contributed by atoms with van der Waals surface area (Å²) in [4.78, 5) is 39.4. The number of methoxy groups -OCH3 is 1. The van der Waals surface area contributed by atoms with Crippen LogP contribution in [0.5, 0.6) is 0 Å². The number of carbonyl (C=O) groups is 3. The third-order valence-corrected chi connectivity index (χ3v) is 7.59. The van der Waals surface area contributed by atoms with Crippen molar-refractivity contribution in [2.24, 2.45) is 11.3 Å². The second kappa shape index (κ2) is 13.1. The first-order valence-corrected chi connectivity index (χ1v) is 13.7. The van der Waals surface area contributed by atoms with Gasteiger partial charge in [-0.3, -0.25) is 4.79 Å². The lowest BCUT2D eigenvalue weighted by Crippen LogP contribution is -2.45. The number of aliphatic hydroxyl groups excluding tert-OH is 1. The Labute approximate surface area is 232 Å². The summed E-state index contributed by atoms with van der Waals surface area (Å²) < 4.78 is 4.47. The van der Waals surface area contributed by atoms with Gasteiger partial charge in [0.15, 0.2) is 6.10 Å². The molecule has 0 aliphatic heterocycles. The van der Waals surface area contributed by atoms with Crippen molar-refractivity contribution in [2.45, 2.75) is 79.0 Å². The first-order valence-electron chi connectivity index (χ1n) is 13.7. The molecule has 2 aromatic carbocycles. The van der Waals surface area contributed by atoms with Crippen LogP contribution in [0.2, 0.25) is 0 Å². The molecule has 0 spiro atoms. The molecule has 8 heteroatoms. The maximum absolute atomic E-state index is 13.6. The normalized spacial score (nSPS) is 18.1. The Kier molecular flexibility index (Phi) is 10.1. The molecule has 0 heterocycles. The van der Waals surface area contributed by atoms with Crippen molar-refractivity contribution in [3.05, 3.63) is 64.7 Å². The third kappa shape index (κ3) is 8.55. The molecule has 0 saturated heterocycles. The molecular weight excluding hydrogens is 494 g/mol. The van der Waals surface area contributed by atoms with Gasteiger partial charge < -0.3 is 25.4 Å². The van der Waals surface area contributed by atoms with Crippen LogP contribution in [0.1, 0.15) is 73.5 Å². The van der Waals surface area contributed by atoms with Gasteiger partial charge in [-0.05, 0) is 91.8 Å². The second-order valence-electron chi connectivity index (χ2n) is 11.8. The van der Waals surface area contributed by atoms with Gasteiger partial charge in [0.25, 0.3) is 5.91 Å². The fraction of sp³-hybridized carbons (Fsp3) is 0.516. The quantitative estimate of drug-likeness (QED) is 0.401. The smallest absolute Gasteiger partial charge is 0.336 e. The zero-order chi connectivity index (χ0) is 28.7. The minimum Gasteiger partial charge on any atom is -0.467 e. The van der Waals surface area contributed by atoms with Gasteiger partial charge in [-0.1, -0.05) is 39.0 Å². The van der Waals surface area contributed by atoms with Gasteiger partial charge in [0.2, 0.25) is 0 Å². The Bertz CT molecular complexity index is 1130. The Morgan fingerprint density at radius 2 is 1.59 bits per heavy atom. The first-order chi connectivity index (χ1) is 18.4. The number of esters is 1. The van der Waals surface area contributed by atoms with Crippen LogP contribution in [0.25, 0.3) is 0 Å². The van der Waals surface area contributed by atoms with E-state index >= 15 is 0 Å². The van der Waals surface area contributed by atoms with Crippen molar-refractivity contribution in [3.63, 3.8) is 0 Å².